The van der Waals surface area contributed by atoms with Crippen LogP contribution in [0.2, 0.25) is 0 Å². The maximum Gasteiger partial charge on any atom is 0.253 e. The van der Waals surface area contributed by atoms with Crippen LogP contribution in [0, 0.1) is 11.8 Å². The highest BCUT2D eigenvalue weighted by Gasteiger charge is 2.18. The van der Waals surface area contributed by atoms with Crippen molar-refractivity contribution in [1.29, 1.82) is 0 Å². The van der Waals surface area contributed by atoms with Crippen molar-refractivity contribution in [3.8, 4) is 11.8 Å². The summed E-state index contributed by atoms with van der Waals surface area (Å²) in [6.45, 7) is 2.98. The lowest BCUT2D eigenvalue weighted by Crippen LogP contribution is -2.49. The average Bonchev–Trinajstić information content (AvgIpc) is 2.43. The third kappa shape index (κ3) is 6.20. The smallest absolute Gasteiger partial charge is 0.253 e. The molecule has 0 aliphatic carbocycles. The Hall–Kier alpha value is -2.85. The Morgan fingerprint density at radius 1 is 1.35 bits per heavy atom. The van der Waals surface area contributed by atoms with Gasteiger partial charge in [0.15, 0.2) is 0 Å². The van der Waals surface area contributed by atoms with E-state index in [0.717, 1.165) is 0 Å². The van der Waals surface area contributed by atoms with Gasteiger partial charge in [-0.05, 0) is 26.0 Å². The molecule has 1 atom stereocenters. The van der Waals surface area contributed by atoms with E-state index in [4.69, 9.17) is 5.73 Å². The molecule has 0 aliphatic rings. The number of primary amides is 1. The lowest BCUT2D eigenvalue weighted by molar-refractivity contribution is -0.308. The van der Waals surface area contributed by atoms with Crippen LogP contribution in [0.15, 0.2) is 24.3 Å². The number of benzene rings is 1. The van der Waals surface area contributed by atoms with Crippen LogP contribution in [0.3, 0.4) is 0 Å². The minimum absolute atomic E-state index is 0.111. The van der Waals surface area contributed by atoms with Crippen molar-refractivity contribution >= 4 is 17.8 Å². The van der Waals surface area contributed by atoms with E-state index in [9.17, 15) is 24.6 Å². The van der Waals surface area contributed by atoms with E-state index in [0.29, 0.717) is 5.56 Å². The Morgan fingerprint density at radius 2 is 1.96 bits per heavy atom. The standard InChI is InChI=1S/C16H18N2O5/c1-16(2,23)8-7-10-5-3-4-6-11(10)14(20)18-12(15(21)22)9-13(17)19/h3-6,12,23H,9H2,1-2H3,(H2,17,19)(H,18,20)(H,21,22)/p-1/t12-/m1/s1. The van der Waals surface area contributed by atoms with Gasteiger partial charge in [0.2, 0.25) is 5.91 Å². The van der Waals surface area contributed by atoms with E-state index >= 15 is 0 Å². The van der Waals surface area contributed by atoms with Crippen LogP contribution in [0.4, 0.5) is 0 Å². The molecule has 0 radical (unpaired) electrons. The molecule has 0 aliphatic heterocycles. The molecule has 23 heavy (non-hydrogen) atoms. The molecule has 0 saturated carbocycles. The zero-order valence-corrected chi connectivity index (χ0v) is 12.8. The number of amides is 2. The molecule has 122 valence electrons. The van der Waals surface area contributed by atoms with Gasteiger partial charge in [-0.25, -0.2) is 0 Å². The number of nitrogens with two attached hydrogens (primary N) is 1. The molecule has 0 unspecified atom stereocenters. The second-order valence-electron chi connectivity index (χ2n) is 5.37. The van der Waals surface area contributed by atoms with Gasteiger partial charge in [0.05, 0.1) is 24.0 Å². The number of carboxylic acids is 1. The number of hydrogen-bond donors (Lipinski definition) is 3. The van der Waals surface area contributed by atoms with Crippen LogP contribution < -0.4 is 16.2 Å². The molecule has 0 bridgehead atoms. The van der Waals surface area contributed by atoms with Crippen molar-refractivity contribution in [2.24, 2.45) is 5.73 Å². The average molecular weight is 317 g/mol. The SMILES string of the molecule is CC(C)(O)C#Cc1ccccc1C(=O)N[C@H](CC(N)=O)C(=O)[O-]. The summed E-state index contributed by atoms with van der Waals surface area (Å²) in [5, 5.41) is 22.7. The van der Waals surface area contributed by atoms with Crippen molar-refractivity contribution in [2.45, 2.75) is 31.9 Å². The molecular weight excluding hydrogens is 300 g/mol. The number of rotatable bonds is 5. The molecule has 0 heterocycles. The first-order valence-corrected chi connectivity index (χ1v) is 6.75. The van der Waals surface area contributed by atoms with Gasteiger partial charge in [0.1, 0.15) is 5.60 Å². The van der Waals surface area contributed by atoms with Gasteiger partial charge in [0, 0.05) is 5.56 Å². The largest absolute Gasteiger partial charge is 0.548 e. The molecule has 2 amide bonds. The van der Waals surface area contributed by atoms with Crippen molar-refractivity contribution in [2.75, 3.05) is 0 Å². The second kappa shape index (κ2) is 7.42. The van der Waals surface area contributed by atoms with Crippen LogP contribution in [0.5, 0.6) is 0 Å². The topological polar surface area (TPSA) is 133 Å². The molecule has 0 aromatic heterocycles. The highest BCUT2D eigenvalue weighted by molar-refractivity contribution is 5.99. The fraction of sp³-hybridized carbons (Fsp3) is 0.312. The van der Waals surface area contributed by atoms with Crippen molar-refractivity contribution in [3.63, 3.8) is 0 Å². The van der Waals surface area contributed by atoms with Gasteiger partial charge in [0.25, 0.3) is 5.91 Å². The Balaban J connectivity index is 3.06. The molecule has 0 saturated heterocycles. The van der Waals surface area contributed by atoms with E-state index in [1.54, 1.807) is 18.2 Å². The van der Waals surface area contributed by atoms with E-state index in [1.807, 2.05) is 0 Å². The molecular formula is C16H17N2O5-. The fourth-order valence-corrected chi connectivity index (χ4v) is 1.64. The summed E-state index contributed by atoms with van der Waals surface area (Å²) < 4.78 is 0. The summed E-state index contributed by atoms with van der Waals surface area (Å²) in [4.78, 5) is 34.0. The van der Waals surface area contributed by atoms with Crippen molar-refractivity contribution < 1.29 is 24.6 Å². The van der Waals surface area contributed by atoms with Gasteiger partial charge < -0.3 is 26.1 Å². The number of aliphatic hydroxyl groups is 1. The Labute approximate surface area is 133 Å². The molecule has 7 nitrogen and oxygen atoms in total. The van der Waals surface area contributed by atoms with Gasteiger partial charge >= 0.3 is 0 Å². The van der Waals surface area contributed by atoms with Crippen LogP contribution >= 0.6 is 0 Å². The number of hydrogen-bond acceptors (Lipinski definition) is 5. The lowest BCUT2D eigenvalue weighted by Gasteiger charge is -2.18. The van der Waals surface area contributed by atoms with E-state index in [1.165, 1.54) is 19.9 Å². The fourth-order valence-electron chi connectivity index (χ4n) is 1.64. The first-order chi connectivity index (χ1) is 10.6. The van der Waals surface area contributed by atoms with Gasteiger partial charge in [-0.2, -0.15) is 0 Å². The van der Waals surface area contributed by atoms with Crippen LogP contribution in [0.25, 0.3) is 0 Å². The summed E-state index contributed by atoms with van der Waals surface area (Å²) in [5.41, 5.74) is 4.11. The third-order valence-electron chi connectivity index (χ3n) is 2.67. The molecule has 1 aromatic carbocycles. The third-order valence-corrected chi connectivity index (χ3v) is 2.67. The molecule has 4 N–H and O–H groups in total. The predicted octanol–water partition coefficient (Wildman–Crippen LogP) is -1.47. The minimum Gasteiger partial charge on any atom is -0.548 e. The first kappa shape index (κ1) is 18.2. The number of carbonyl (C=O) groups is 3. The quantitative estimate of drug-likeness (QED) is 0.570. The monoisotopic (exact) mass is 317 g/mol. The summed E-state index contributed by atoms with van der Waals surface area (Å²) >= 11 is 0. The Morgan fingerprint density at radius 3 is 2.48 bits per heavy atom. The highest BCUT2D eigenvalue weighted by Crippen LogP contribution is 2.09. The summed E-state index contributed by atoms with van der Waals surface area (Å²) in [6, 6.07) is 4.68. The lowest BCUT2D eigenvalue weighted by atomic mass is 10.0. The number of aliphatic carboxylic acids is 1. The van der Waals surface area contributed by atoms with Crippen LogP contribution in [-0.2, 0) is 9.59 Å². The minimum atomic E-state index is -1.61. The molecule has 0 spiro atoms. The predicted molar refractivity (Wildman–Crippen MR) is 79.7 cm³/mol. The Bertz CT molecular complexity index is 680. The second-order valence-corrected chi connectivity index (χ2v) is 5.37. The summed E-state index contributed by atoms with van der Waals surface area (Å²) in [5.74, 6) is 2.00. The molecule has 0 fully saturated rings. The van der Waals surface area contributed by atoms with E-state index < -0.39 is 35.8 Å². The van der Waals surface area contributed by atoms with Gasteiger partial charge in [-0.15, -0.1) is 0 Å². The number of carboxylic acid groups (broad SMARTS) is 1. The highest BCUT2D eigenvalue weighted by atomic mass is 16.4. The van der Waals surface area contributed by atoms with Crippen molar-refractivity contribution in [3.05, 3.63) is 35.4 Å². The van der Waals surface area contributed by atoms with E-state index in [2.05, 4.69) is 17.2 Å². The zero-order valence-electron chi connectivity index (χ0n) is 12.8. The zero-order chi connectivity index (χ0) is 17.6. The Kier molecular flexibility index (Phi) is 5.87. The van der Waals surface area contributed by atoms with Crippen LogP contribution in [0.1, 0.15) is 36.2 Å². The summed E-state index contributed by atoms with van der Waals surface area (Å²) in [7, 11) is 0. The summed E-state index contributed by atoms with van der Waals surface area (Å²) in [6.07, 6.45) is -0.578. The van der Waals surface area contributed by atoms with Crippen LogP contribution in [-0.4, -0.2) is 34.5 Å². The van der Waals surface area contributed by atoms with Gasteiger partial charge in [-0.1, -0.05) is 24.0 Å². The van der Waals surface area contributed by atoms with Crippen molar-refractivity contribution in [1.82, 2.24) is 5.32 Å². The molecule has 7 heteroatoms. The van der Waals surface area contributed by atoms with Gasteiger partial charge in [-0.3, -0.25) is 9.59 Å². The number of nitrogens with one attached hydrogen (secondary N) is 1. The number of carbonyl (C=O) groups excluding carboxylic acids is 3. The normalized spacial score (nSPS) is 11.8. The molecule has 1 aromatic rings. The maximum atomic E-state index is 12.2. The maximum absolute atomic E-state index is 12.2. The molecule has 1 rings (SSSR count). The first-order valence-electron chi connectivity index (χ1n) is 6.75. The van der Waals surface area contributed by atoms with E-state index in [-0.39, 0.29) is 5.56 Å².